The lowest BCUT2D eigenvalue weighted by atomic mass is 9.89. The molecule has 0 atom stereocenters. The molecule has 1 saturated carbocycles. The Balaban J connectivity index is 1.63. The van der Waals surface area contributed by atoms with Gasteiger partial charge in [-0.15, -0.1) is 0 Å². The number of aryl methyl sites for hydroxylation is 1. The normalized spacial score (nSPS) is 15.4. The van der Waals surface area contributed by atoms with Gasteiger partial charge in [0.05, 0.1) is 12.3 Å². The number of anilines is 1. The van der Waals surface area contributed by atoms with E-state index in [4.69, 9.17) is 17.0 Å². The third kappa shape index (κ3) is 4.98. The van der Waals surface area contributed by atoms with Crippen LogP contribution < -0.4 is 15.4 Å². The number of nitrogens with one attached hydrogen (secondary N) is 2. The summed E-state index contributed by atoms with van der Waals surface area (Å²) in [6.07, 6.45) is 7.06. The SMILES string of the molecule is CCOc1ccccc1NC(=S)NC1(CCc2ccccc2)CCCC1. The minimum Gasteiger partial charge on any atom is -0.492 e. The first kappa shape index (κ1) is 18.7. The molecule has 138 valence electrons. The van der Waals surface area contributed by atoms with Crippen molar-refractivity contribution in [3.8, 4) is 5.75 Å². The number of hydrogen-bond donors (Lipinski definition) is 2. The van der Waals surface area contributed by atoms with Crippen molar-refractivity contribution in [3.05, 3.63) is 60.2 Å². The zero-order valence-corrected chi connectivity index (χ0v) is 16.3. The van der Waals surface area contributed by atoms with Gasteiger partial charge in [-0.1, -0.05) is 55.3 Å². The molecule has 0 saturated heterocycles. The van der Waals surface area contributed by atoms with Crippen molar-refractivity contribution in [2.24, 2.45) is 0 Å². The average Bonchev–Trinajstić information content (AvgIpc) is 3.11. The van der Waals surface area contributed by atoms with E-state index in [0.717, 1.165) is 24.3 Å². The lowest BCUT2D eigenvalue weighted by Gasteiger charge is -2.32. The Morgan fingerprint density at radius 3 is 2.46 bits per heavy atom. The molecule has 2 aromatic carbocycles. The zero-order valence-electron chi connectivity index (χ0n) is 15.5. The van der Waals surface area contributed by atoms with Gasteiger partial charge in [-0.2, -0.15) is 0 Å². The molecule has 1 aliphatic rings. The fourth-order valence-electron chi connectivity index (χ4n) is 3.76. The number of hydrogen-bond acceptors (Lipinski definition) is 2. The minimum atomic E-state index is 0.0977. The number of para-hydroxylation sites is 2. The highest BCUT2D eigenvalue weighted by Crippen LogP contribution is 2.34. The van der Waals surface area contributed by atoms with E-state index in [1.807, 2.05) is 31.2 Å². The maximum absolute atomic E-state index is 5.69. The Morgan fingerprint density at radius 1 is 1.04 bits per heavy atom. The highest BCUT2D eigenvalue weighted by Gasteiger charge is 2.34. The van der Waals surface area contributed by atoms with E-state index < -0.39 is 0 Å². The van der Waals surface area contributed by atoms with E-state index in [9.17, 15) is 0 Å². The predicted octanol–water partition coefficient (Wildman–Crippen LogP) is 5.32. The molecule has 0 aromatic heterocycles. The molecule has 1 fully saturated rings. The Morgan fingerprint density at radius 2 is 1.73 bits per heavy atom. The Bertz CT molecular complexity index is 711. The van der Waals surface area contributed by atoms with Gasteiger partial charge in [-0.3, -0.25) is 0 Å². The predicted molar refractivity (Wildman–Crippen MR) is 113 cm³/mol. The van der Waals surface area contributed by atoms with Gasteiger partial charge in [0.15, 0.2) is 5.11 Å². The lowest BCUT2D eigenvalue weighted by molar-refractivity contribution is 0.341. The minimum absolute atomic E-state index is 0.0977. The van der Waals surface area contributed by atoms with E-state index in [1.54, 1.807) is 0 Å². The molecule has 1 aliphatic carbocycles. The molecule has 3 rings (SSSR count). The van der Waals surface area contributed by atoms with Gasteiger partial charge in [-0.25, -0.2) is 0 Å². The highest BCUT2D eigenvalue weighted by atomic mass is 32.1. The van der Waals surface area contributed by atoms with Crippen molar-refractivity contribution in [1.82, 2.24) is 5.32 Å². The van der Waals surface area contributed by atoms with Crippen LogP contribution in [0.1, 0.15) is 44.6 Å². The molecule has 0 amide bonds. The van der Waals surface area contributed by atoms with Crippen molar-refractivity contribution in [2.75, 3.05) is 11.9 Å². The van der Waals surface area contributed by atoms with Crippen LogP contribution in [0.5, 0.6) is 5.75 Å². The summed E-state index contributed by atoms with van der Waals surface area (Å²) in [6.45, 7) is 2.63. The zero-order chi connectivity index (χ0) is 18.2. The van der Waals surface area contributed by atoms with Crippen LogP contribution in [-0.4, -0.2) is 17.3 Å². The summed E-state index contributed by atoms with van der Waals surface area (Å²) in [6, 6.07) is 18.7. The number of rotatable bonds is 7. The monoisotopic (exact) mass is 368 g/mol. The van der Waals surface area contributed by atoms with Gasteiger partial charge in [0.2, 0.25) is 0 Å². The second-order valence-electron chi connectivity index (χ2n) is 6.98. The highest BCUT2D eigenvalue weighted by molar-refractivity contribution is 7.80. The first-order valence-electron chi connectivity index (χ1n) is 9.56. The smallest absolute Gasteiger partial charge is 0.171 e. The molecule has 0 aliphatic heterocycles. The Kier molecular flexibility index (Phi) is 6.51. The van der Waals surface area contributed by atoms with E-state index in [1.165, 1.54) is 31.2 Å². The van der Waals surface area contributed by atoms with Crippen LogP contribution in [0.25, 0.3) is 0 Å². The summed E-state index contributed by atoms with van der Waals surface area (Å²) in [5, 5.41) is 7.67. The van der Waals surface area contributed by atoms with E-state index in [2.05, 4.69) is 41.0 Å². The Labute approximate surface area is 162 Å². The van der Waals surface area contributed by atoms with Crippen molar-refractivity contribution >= 4 is 23.0 Å². The summed E-state index contributed by atoms with van der Waals surface area (Å²) in [5.74, 6) is 0.837. The average molecular weight is 369 g/mol. The molecule has 2 aromatic rings. The number of ether oxygens (including phenoxy) is 1. The van der Waals surface area contributed by atoms with Gasteiger partial charge in [0.1, 0.15) is 5.75 Å². The summed E-state index contributed by atoms with van der Waals surface area (Å²) < 4.78 is 5.69. The molecular formula is C22H28N2OS. The van der Waals surface area contributed by atoms with Gasteiger partial charge in [0.25, 0.3) is 0 Å². The van der Waals surface area contributed by atoms with Crippen molar-refractivity contribution in [3.63, 3.8) is 0 Å². The molecule has 0 unspecified atom stereocenters. The van der Waals surface area contributed by atoms with Crippen LogP contribution in [-0.2, 0) is 6.42 Å². The summed E-state index contributed by atoms with van der Waals surface area (Å²) >= 11 is 5.64. The second kappa shape index (κ2) is 9.04. The van der Waals surface area contributed by atoms with Crippen molar-refractivity contribution in [2.45, 2.75) is 51.0 Å². The van der Waals surface area contributed by atoms with Crippen LogP contribution in [0.15, 0.2) is 54.6 Å². The van der Waals surface area contributed by atoms with Gasteiger partial charge >= 0.3 is 0 Å². The molecular weight excluding hydrogens is 340 g/mol. The third-order valence-electron chi connectivity index (χ3n) is 5.11. The van der Waals surface area contributed by atoms with Crippen molar-refractivity contribution in [1.29, 1.82) is 0 Å². The van der Waals surface area contributed by atoms with E-state index in [0.29, 0.717) is 11.7 Å². The topological polar surface area (TPSA) is 33.3 Å². The van der Waals surface area contributed by atoms with Crippen LogP contribution >= 0.6 is 12.2 Å². The third-order valence-corrected chi connectivity index (χ3v) is 5.31. The van der Waals surface area contributed by atoms with Gasteiger partial charge in [-0.05, 0) is 62.5 Å². The molecule has 4 heteroatoms. The fourth-order valence-corrected chi connectivity index (χ4v) is 4.09. The number of benzene rings is 2. The second-order valence-corrected chi connectivity index (χ2v) is 7.39. The lowest BCUT2D eigenvalue weighted by Crippen LogP contribution is -2.48. The number of thiocarbonyl (C=S) groups is 1. The fraction of sp³-hybridized carbons (Fsp3) is 0.409. The standard InChI is InChI=1S/C22H28N2OS/c1-2-25-20-13-7-6-12-19(20)23-21(26)24-22(15-8-9-16-22)17-14-18-10-4-3-5-11-18/h3-7,10-13H,2,8-9,14-17H2,1H3,(H2,23,24,26). The van der Waals surface area contributed by atoms with Gasteiger partial charge in [0, 0.05) is 5.54 Å². The molecule has 0 radical (unpaired) electrons. The molecule has 0 spiro atoms. The van der Waals surface area contributed by atoms with E-state index >= 15 is 0 Å². The maximum Gasteiger partial charge on any atom is 0.171 e. The van der Waals surface area contributed by atoms with Crippen LogP contribution in [0.3, 0.4) is 0 Å². The van der Waals surface area contributed by atoms with Crippen LogP contribution in [0.2, 0.25) is 0 Å². The molecule has 2 N–H and O–H groups in total. The van der Waals surface area contributed by atoms with Crippen LogP contribution in [0, 0.1) is 0 Å². The summed E-state index contributed by atoms with van der Waals surface area (Å²) in [4.78, 5) is 0. The van der Waals surface area contributed by atoms with Crippen molar-refractivity contribution < 1.29 is 4.74 Å². The first-order chi connectivity index (χ1) is 12.7. The summed E-state index contributed by atoms with van der Waals surface area (Å²) in [7, 11) is 0. The Hall–Kier alpha value is -2.07. The van der Waals surface area contributed by atoms with Crippen LogP contribution in [0.4, 0.5) is 5.69 Å². The quantitative estimate of drug-likeness (QED) is 0.648. The molecule has 0 heterocycles. The molecule has 0 bridgehead atoms. The molecule has 26 heavy (non-hydrogen) atoms. The largest absolute Gasteiger partial charge is 0.492 e. The van der Waals surface area contributed by atoms with Gasteiger partial charge < -0.3 is 15.4 Å². The summed E-state index contributed by atoms with van der Waals surface area (Å²) in [5.41, 5.74) is 2.41. The first-order valence-corrected chi connectivity index (χ1v) is 9.96. The van der Waals surface area contributed by atoms with E-state index in [-0.39, 0.29) is 5.54 Å². The maximum atomic E-state index is 5.69. The molecule has 3 nitrogen and oxygen atoms in total.